The highest BCUT2D eigenvalue weighted by atomic mass is 32.2. The van der Waals surface area contributed by atoms with Crippen LogP contribution in [0.1, 0.15) is 19.3 Å². The summed E-state index contributed by atoms with van der Waals surface area (Å²) in [5, 5.41) is 9.87. The van der Waals surface area contributed by atoms with E-state index in [4.69, 9.17) is 0 Å². The van der Waals surface area contributed by atoms with E-state index in [2.05, 4.69) is 14.7 Å². The van der Waals surface area contributed by atoms with Crippen molar-refractivity contribution in [1.82, 2.24) is 14.7 Å². The normalized spacial score (nSPS) is 23.4. The Labute approximate surface area is 117 Å². The monoisotopic (exact) mass is 295 g/mol. The van der Waals surface area contributed by atoms with Gasteiger partial charge in [-0.2, -0.15) is 0 Å². The van der Waals surface area contributed by atoms with Crippen LogP contribution in [0.4, 0.5) is 0 Å². The first-order chi connectivity index (χ1) is 9.62. The van der Waals surface area contributed by atoms with Gasteiger partial charge in [0.1, 0.15) is 10.5 Å². The highest BCUT2D eigenvalue weighted by molar-refractivity contribution is 7.89. The summed E-state index contributed by atoms with van der Waals surface area (Å²) >= 11 is 0. The number of H-pyrrole nitrogens is 1. The molecule has 2 heterocycles. The van der Waals surface area contributed by atoms with Crippen LogP contribution >= 0.6 is 0 Å². The predicted molar refractivity (Wildman–Crippen MR) is 74.6 cm³/mol. The summed E-state index contributed by atoms with van der Waals surface area (Å²) in [7, 11) is -3.60. The minimum Gasteiger partial charge on any atom is -0.396 e. The summed E-state index contributed by atoms with van der Waals surface area (Å²) in [5.41, 5.74) is 0.554. The maximum atomic E-state index is 12.5. The summed E-state index contributed by atoms with van der Waals surface area (Å²) in [6.07, 6.45) is 5.64. The Kier molecular flexibility index (Phi) is 3.49. The van der Waals surface area contributed by atoms with E-state index < -0.39 is 10.0 Å². The van der Waals surface area contributed by atoms with Crippen molar-refractivity contribution in [1.29, 1.82) is 0 Å². The lowest BCUT2D eigenvalue weighted by atomic mass is 10.1. The van der Waals surface area contributed by atoms with Crippen molar-refractivity contribution in [2.75, 3.05) is 6.61 Å². The van der Waals surface area contributed by atoms with E-state index in [1.54, 1.807) is 18.3 Å². The smallest absolute Gasteiger partial charge is 0.243 e. The molecule has 2 atom stereocenters. The molecular formula is C13H17N3O3S. The van der Waals surface area contributed by atoms with Gasteiger partial charge >= 0.3 is 0 Å². The zero-order valence-corrected chi connectivity index (χ0v) is 11.7. The van der Waals surface area contributed by atoms with Crippen LogP contribution in [0.15, 0.2) is 29.4 Å². The Morgan fingerprint density at radius 3 is 3.10 bits per heavy atom. The van der Waals surface area contributed by atoms with Gasteiger partial charge < -0.3 is 10.1 Å². The van der Waals surface area contributed by atoms with E-state index in [0.717, 1.165) is 19.3 Å². The highest BCUT2D eigenvalue weighted by Crippen LogP contribution is 2.28. The van der Waals surface area contributed by atoms with Crippen molar-refractivity contribution in [3.05, 3.63) is 24.5 Å². The molecule has 0 spiro atoms. The molecule has 0 aliphatic heterocycles. The molecule has 2 unspecified atom stereocenters. The van der Waals surface area contributed by atoms with Crippen LogP contribution in [0.3, 0.4) is 0 Å². The molecule has 1 saturated carbocycles. The van der Waals surface area contributed by atoms with E-state index in [9.17, 15) is 13.5 Å². The number of nitrogens with one attached hydrogen (secondary N) is 2. The fraction of sp³-hybridized carbons (Fsp3) is 0.462. The number of pyridine rings is 1. The SMILES string of the molecule is O=S(=O)(NC1CCCC1CO)c1c[nH]c2ncccc12. The van der Waals surface area contributed by atoms with Gasteiger partial charge in [0.15, 0.2) is 0 Å². The average Bonchev–Trinajstić information content (AvgIpc) is 3.04. The number of hydrogen-bond donors (Lipinski definition) is 3. The molecule has 7 heteroatoms. The van der Waals surface area contributed by atoms with Crippen LogP contribution in [-0.2, 0) is 10.0 Å². The van der Waals surface area contributed by atoms with E-state index >= 15 is 0 Å². The lowest BCUT2D eigenvalue weighted by molar-refractivity contribution is 0.213. The van der Waals surface area contributed by atoms with Gasteiger partial charge in [-0.3, -0.25) is 0 Å². The zero-order chi connectivity index (χ0) is 14.2. The van der Waals surface area contributed by atoms with Crippen LogP contribution in [-0.4, -0.2) is 36.1 Å². The molecule has 0 radical (unpaired) electrons. The molecule has 1 aliphatic rings. The Bertz CT molecular complexity index is 710. The van der Waals surface area contributed by atoms with Crippen LogP contribution in [0.25, 0.3) is 11.0 Å². The molecule has 0 saturated heterocycles. The molecule has 1 aliphatic carbocycles. The molecule has 0 bridgehead atoms. The topological polar surface area (TPSA) is 95.1 Å². The van der Waals surface area contributed by atoms with Crippen LogP contribution in [0.2, 0.25) is 0 Å². The van der Waals surface area contributed by atoms with Crippen molar-refractivity contribution in [2.45, 2.75) is 30.2 Å². The first kappa shape index (κ1) is 13.5. The second-order valence-electron chi connectivity index (χ2n) is 5.15. The number of fused-ring (bicyclic) bond motifs is 1. The van der Waals surface area contributed by atoms with Gasteiger partial charge in [-0.25, -0.2) is 18.1 Å². The number of hydrogen-bond acceptors (Lipinski definition) is 4. The molecule has 0 aromatic carbocycles. The number of sulfonamides is 1. The lowest BCUT2D eigenvalue weighted by Crippen LogP contribution is -2.38. The number of nitrogens with zero attached hydrogens (tertiary/aromatic N) is 1. The minimum atomic E-state index is -3.60. The second kappa shape index (κ2) is 5.16. The van der Waals surface area contributed by atoms with E-state index in [-0.39, 0.29) is 23.5 Å². The first-order valence-corrected chi connectivity index (χ1v) is 8.15. The molecule has 6 nitrogen and oxygen atoms in total. The summed E-state index contributed by atoms with van der Waals surface area (Å²) in [6, 6.07) is 3.25. The van der Waals surface area contributed by atoms with Gasteiger partial charge in [-0.05, 0) is 30.9 Å². The van der Waals surface area contributed by atoms with Gasteiger partial charge in [0.05, 0.1) is 0 Å². The Balaban J connectivity index is 1.92. The van der Waals surface area contributed by atoms with Gasteiger partial charge in [-0.15, -0.1) is 0 Å². The van der Waals surface area contributed by atoms with Crippen molar-refractivity contribution in [2.24, 2.45) is 5.92 Å². The molecule has 108 valence electrons. The molecule has 1 fully saturated rings. The van der Waals surface area contributed by atoms with Gasteiger partial charge in [0.2, 0.25) is 10.0 Å². The van der Waals surface area contributed by atoms with Crippen molar-refractivity contribution in [3.63, 3.8) is 0 Å². The molecular weight excluding hydrogens is 278 g/mol. The summed E-state index contributed by atoms with van der Waals surface area (Å²) in [6.45, 7) is 0.0165. The number of aromatic nitrogens is 2. The van der Waals surface area contributed by atoms with E-state index in [1.807, 2.05) is 0 Å². The molecule has 0 amide bonds. The molecule has 3 N–H and O–H groups in total. The quantitative estimate of drug-likeness (QED) is 0.784. The van der Waals surface area contributed by atoms with Crippen LogP contribution < -0.4 is 4.72 Å². The Morgan fingerprint density at radius 1 is 1.45 bits per heavy atom. The van der Waals surface area contributed by atoms with Gasteiger partial charge in [-0.1, -0.05) is 6.42 Å². The molecule has 20 heavy (non-hydrogen) atoms. The summed E-state index contributed by atoms with van der Waals surface area (Å²) < 4.78 is 27.7. The van der Waals surface area contributed by atoms with Crippen LogP contribution in [0, 0.1) is 5.92 Å². The zero-order valence-electron chi connectivity index (χ0n) is 10.9. The Morgan fingerprint density at radius 2 is 2.30 bits per heavy atom. The maximum absolute atomic E-state index is 12.5. The largest absolute Gasteiger partial charge is 0.396 e. The molecule has 3 rings (SSSR count). The third kappa shape index (κ3) is 2.32. The van der Waals surface area contributed by atoms with Crippen molar-refractivity contribution < 1.29 is 13.5 Å². The summed E-state index contributed by atoms with van der Waals surface area (Å²) in [5.74, 6) is 0.00751. The lowest BCUT2D eigenvalue weighted by Gasteiger charge is -2.18. The van der Waals surface area contributed by atoms with E-state index in [1.165, 1.54) is 6.20 Å². The summed E-state index contributed by atoms with van der Waals surface area (Å²) in [4.78, 5) is 7.17. The fourth-order valence-corrected chi connectivity index (χ4v) is 4.33. The number of aliphatic hydroxyl groups excluding tert-OH is 1. The maximum Gasteiger partial charge on any atom is 0.243 e. The third-order valence-corrected chi connectivity index (χ3v) is 5.43. The number of aliphatic hydroxyl groups is 1. The molecule has 2 aromatic heterocycles. The third-order valence-electron chi connectivity index (χ3n) is 3.90. The minimum absolute atomic E-state index is 0.00751. The van der Waals surface area contributed by atoms with Crippen molar-refractivity contribution in [3.8, 4) is 0 Å². The second-order valence-corrected chi connectivity index (χ2v) is 6.84. The van der Waals surface area contributed by atoms with Gasteiger partial charge in [0.25, 0.3) is 0 Å². The van der Waals surface area contributed by atoms with Crippen molar-refractivity contribution >= 4 is 21.1 Å². The highest BCUT2D eigenvalue weighted by Gasteiger charge is 2.31. The molecule has 2 aromatic rings. The van der Waals surface area contributed by atoms with Crippen LogP contribution in [0.5, 0.6) is 0 Å². The predicted octanol–water partition coefficient (Wildman–Crippen LogP) is 1.00. The fourth-order valence-electron chi connectivity index (χ4n) is 2.83. The van der Waals surface area contributed by atoms with Gasteiger partial charge in [0, 0.05) is 30.4 Å². The average molecular weight is 295 g/mol. The number of aromatic amines is 1. The van der Waals surface area contributed by atoms with E-state index in [0.29, 0.717) is 11.0 Å². The Hall–Kier alpha value is -1.44. The first-order valence-electron chi connectivity index (χ1n) is 6.67. The number of rotatable bonds is 4. The standard InChI is InChI=1S/C13H17N3O3S/c17-8-9-3-1-5-11(9)16-20(18,19)12-7-15-13-10(12)4-2-6-14-13/h2,4,6-7,9,11,16-17H,1,3,5,8H2,(H,14,15).